The van der Waals surface area contributed by atoms with Crippen molar-refractivity contribution in [3.63, 3.8) is 0 Å². The fourth-order valence-corrected chi connectivity index (χ4v) is 3.44. The third-order valence-electron chi connectivity index (χ3n) is 5.07. The second-order valence-corrected chi connectivity index (χ2v) is 7.49. The zero-order chi connectivity index (χ0) is 23.5. The highest BCUT2D eigenvalue weighted by atomic mass is 16.2. The van der Waals surface area contributed by atoms with Gasteiger partial charge in [-0.2, -0.15) is 5.10 Å². The number of anilines is 1. The Bertz CT molecular complexity index is 1450. The Hall–Kier alpha value is -4.48. The van der Waals surface area contributed by atoms with Gasteiger partial charge in [0.15, 0.2) is 11.2 Å². The van der Waals surface area contributed by atoms with Gasteiger partial charge in [0.2, 0.25) is 11.8 Å². The van der Waals surface area contributed by atoms with Gasteiger partial charge in [-0.05, 0) is 23.8 Å². The summed E-state index contributed by atoms with van der Waals surface area (Å²) in [4.78, 5) is 53.9. The normalized spacial score (nSPS) is 11.0. The lowest BCUT2D eigenvalue weighted by Gasteiger charge is -2.10. The van der Waals surface area contributed by atoms with Gasteiger partial charge in [-0.1, -0.05) is 12.1 Å². The van der Waals surface area contributed by atoms with Crippen molar-refractivity contribution in [3.8, 4) is 0 Å². The van der Waals surface area contributed by atoms with E-state index >= 15 is 0 Å². The maximum Gasteiger partial charge on any atom is 0.332 e. The number of nitrogens with zero attached hydrogens (tertiary/aromatic N) is 6. The number of hydrogen-bond donors (Lipinski definition) is 2. The first-order chi connectivity index (χ1) is 15.8. The zero-order valence-electron chi connectivity index (χ0n) is 18.1. The van der Waals surface area contributed by atoms with Crippen molar-refractivity contribution < 1.29 is 9.59 Å². The van der Waals surface area contributed by atoms with E-state index in [9.17, 15) is 19.2 Å². The largest absolute Gasteiger partial charge is 0.350 e. The molecule has 4 rings (SSSR count). The minimum Gasteiger partial charge on any atom is -0.350 e. The molecule has 0 aliphatic rings. The van der Waals surface area contributed by atoms with Crippen LogP contribution in [0.25, 0.3) is 11.2 Å². The number of hydrogen-bond acceptors (Lipinski definition) is 6. The maximum absolute atomic E-state index is 12.7. The van der Waals surface area contributed by atoms with Crippen molar-refractivity contribution in [3.05, 3.63) is 75.5 Å². The van der Waals surface area contributed by atoms with Crippen LogP contribution in [0.3, 0.4) is 0 Å². The van der Waals surface area contributed by atoms with Crippen LogP contribution >= 0.6 is 0 Å². The summed E-state index contributed by atoms with van der Waals surface area (Å²) < 4.78 is 5.14. The van der Waals surface area contributed by atoms with Crippen LogP contribution in [0, 0.1) is 0 Å². The van der Waals surface area contributed by atoms with Gasteiger partial charge in [0, 0.05) is 38.7 Å². The molecule has 0 aliphatic carbocycles. The summed E-state index contributed by atoms with van der Waals surface area (Å²) in [6, 6.07) is 8.74. The molecule has 170 valence electrons. The Balaban J connectivity index is 1.41. The summed E-state index contributed by atoms with van der Waals surface area (Å²) in [5.41, 5.74) is 0.612. The van der Waals surface area contributed by atoms with Crippen LogP contribution in [0.1, 0.15) is 5.56 Å². The van der Waals surface area contributed by atoms with Gasteiger partial charge in [0.1, 0.15) is 13.1 Å². The second-order valence-electron chi connectivity index (χ2n) is 7.49. The lowest BCUT2D eigenvalue weighted by molar-refractivity contribution is -0.122. The average molecular weight is 450 g/mol. The lowest BCUT2D eigenvalue weighted by Crippen LogP contribution is -2.43. The van der Waals surface area contributed by atoms with Gasteiger partial charge < -0.3 is 15.2 Å². The van der Waals surface area contributed by atoms with Crippen molar-refractivity contribution in [2.24, 2.45) is 14.1 Å². The quantitative estimate of drug-likeness (QED) is 0.392. The monoisotopic (exact) mass is 450 g/mol. The fraction of sp³-hybridized carbons (Fsp3) is 0.238. The number of carbonyl (C=O) groups is 2. The highest BCUT2D eigenvalue weighted by Crippen LogP contribution is 2.11. The number of nitrogens with one attached hydrogen (secondary N) is 2. The van der Waals surface area contributed by atoms with E-state index in [2.05, 4.69) is 20.7 Å². The van der Waals surface area contributed by atoms with E-state index in [4.69, 9.17) is 0 Å². The molecule has 33 heavy (non-hydrogen) atoms. The highest BCUT2D eigenvalue weighted by molar-refractivity contribution is 5.90. The zero-order valence-corrected chi connectivity index (χ0v) is 18.1. The number of amides is 2. The summed E-state index contributed by atoms with van der Waals surface area (Å²) in [5, 5.41) is 9.47. The molecular formula is C21H22N8O4. The average Bonchev–Trinajstić information content (AvgIpc) is 3.43. The molecule has 0 saturated carbocycles. The Labute approximate surface area is 187 Å². The number of aryl methyl sites for hydroxylation is 2. The molecule has 0 bridgehead atoms. The Kier molecular flexibility index (Phi) is 5.89. The van der Waals surface area contributed by atoms with Crippen LogP contribution in [0.5, 0.6) is 0 Å². The molecule has 0 spiro atoms. The minimum absolute atomic E-state index is 0.0820. The van der Waals surface area contributed by atoms with Crippen LogP contribution in [0.15, 0.2) is 58.6 Å². The molecule has 3 heterocycles. The summed E-state index contributed by atoms with van der Waals surface area (Å²) in [6.07, 6.45) is 4.72. The first-order valence-electron chi connectivity index (χ1n) is 10.1. The molecule has 0 saturated heterocycles. The molecule has 12 heteroatoms. The third kappa shape index (κ3) is 4.59. The smallest absolute Gasteiger partial charge is 0.332 e. The number of benzene rings is 1. The number of aromatic nitrogens is 6. The first-order valence-corrected chi connectivity index (χ1v) is 10.1. The molecule has 4 aromatic rings. The first kappa shape index (κ1) is 21.7. The van der Waals surface area contributed by atoms with Crippen molar-refractivity contribution in [2.75, 3.05) is 5.32 Å². The van der Waals surface area contributed by atoms with E-state index in [0.29, 0.717) is 5.69 Å². The minimum atomic E-state index is -0.622. The van der Waals surface area contributed by atoms with E-state index in [1.165, 1.54) is 27.2 Å². The lowest BCUT2D eigenvalue weighted by atomic mass is 10.2. The number of carbonyl (C=O) groups excluding carboxylic acids is 2. The Morgan fingerprint density at radius 3 is 2.64 bits per heavy atom. The summed E-state index contributed by atoms with van der Waals surface area (Å²) in [6.45, 7) is -0.184. The summed E-state index contributed by atoms with van der Waals surface area (Å²) in [5.74, 6) is -0.732. The predicted octanol–water partition coefficient (Wildman–Crippen LogP) is -0.415. The van der Waals surface area contributed by atoms with Gasteiger partial charge in [-0.25, -0.2) is 14.3 Å². The SMILES string of the molecule is Cn1cnc2c1c(=O)n(CC(=O)NCc1cccc(NC(=O)Cn3cccn3)c1)c(=O)n2C. The standard InChI is InChI=1S/C21H22N8O4/c1-26-13-23-19-18(26)20(32)29(21(33)27(19)2)12-16(30)22-10-14-5-3-6-15(9-14)25-17(31)11-28-8-4-7-24-28/h3-9,13H,10-12H2,1-2H3,(H,22,30)(H,25,31). The van der Waals surface area contributed by atoms with Gasteiger partial charge in [0.25, 0.3) is 5.56 Å². The molecule has 0 atom stereocenters. The molecule has 0 radical (unpaired) electrons. The Morgan fingerprint density at radius 1 is 1.06 bits per heavy atom. The number of fused-ring (bicyclic) bond motifs is 1. The third-order valence-corrected chi connectivity index (χ3v) is 5.07. The summed E-state index contributed by atoms with van der Waals surface area (Å²) >= 11 is 0. The molecule has 2 amide bonds. The van der Waals surface area contributed by atoms with E-state index < -0.39 is 23.7 Å². The van der Waals surface area contributed by atoms with Crippen molar-refractivity contribution in [1.29, 1.82) is 0 Å². The molecule has 3 aromatic heterocycles. The summed E-state index contributed by atoms with van der Waals surface area (Å²) in [7, 11) is 3.14. The van der Waals surface area contributed by atoms with E-state index in [1.54, 1.807) is 49.8 Å². The van der Waals surface area contributed by atoms with Crippen LogP contribution in [-0.2, 0) is 43.3 Å². The molecule has 0 aliphatic heterocycles. The van der Waals surface area contributed by atoms with Crippen LogP contribution < -0.4 is 21.9 Å². The van der Waals surface area contributed by atoms with Crippen molar-refractivity contribution in [1.82, 2.24) is 33.8 Å². The predicted molar refractivity (Wildman–Crippen MR) is 119 cm³/mol. The van der Waals surface area contributed by atoms with Gasteiger partial charge in [-0.15, -0.1) is 0 Å². The Morgan fingerprint density at radius 2 is 1.88 bits per heavy atom. The molecule has 2 N–H and O–H groups in total. The highest BCUT2D eigenvalue weighted by Gasteiger charge is 2.17. The van der Waals surface area contributed by atoms with Crippen molar-refractivity contribution in [2.45, 2.75) is 19.6 Å². The van der Waals surface area contributed by atoms with Gasteiger partial charge in [-0.3, -0.25) is 23.6 Å². The van der Waals surface area contributed by atoms with Gasteiger partial charge >= 0.3 is 5.69 Å². The molecule has 0 fully saturated rings. The van der Waals surface area contributed by atoms with E-state index in [1.807, 2.05) is 0 Å². The molecule has 0 unspecified atom stereocenters. The van der Waals surface area contributed by atoms with Crippen LogP contribution in [0.2, 0.25) is 0 Å². The second kappa shape index (κ2) is 8.94. The van der Waals surface area contributed by atoms with Gasteiger partial charge in [0.05, 0.1) is 6.33 Å². The number of rotatable bonds is 7. The van der Waals surface area contributed by atoms with Crippen molar-refractivity contribution >= 4 is 28.7 Å². The maximum atomic E-state index is 12.7. The van der Waals surface area contributed by atoms with Crippen LogP contribution in [0.4, 0.5) is 5.69 Å². The number of imidazole rings is 1. The molecule has 12 nitrogen and oxygen atoms in total. The molecular weight excluding hydrogens is 428 g/mol. The molecule has 1 aromatic carbocycles. The van der Waals surface area contributed by atoms with Crippen LogP contribution in [-0.4, -0.2) is 40.3 Å². The topological polar surface area (TPSA) is 138 Å². The van der Waals surface area contributed by atoms with E-state index in [-0.39, 0.29) is 30.2 Å². The van der Waals surface area contributed by atoms with E-state index in [0.717, 1.165) is 10.1 Å². The fourth-order valence-electron chi connectivity index (χ4n) is 3.44.